The molecule has 2 unspecified atom stereocenters. The molecule has 1 aromatic carbocycles. The maximum absolute atomic E-state index is 4.26. The Morgan fingerprint density at radius 3 is 1.65 bits per heavy atom. The van der Waals surface area contributed by atoms with E-state index in [9.17, 15) is 0 Å². The predicted octanol–water partition coefficient (Wildman–Crippen LogP) is -0.219. The SMILES string of the molecule is C1=NC(NCc2ccc(CNC3N=CCN3)cc2)NC1. The minimum Gasteiger partial charge on any atom is -0.279 e. The van der Waals surface area contributed by atoms with Gasteiger partial charge in [0.2, 0.25) is 0 Å². The predicted molar refractivity (Wildman–Crippen MR) is 80.7 cm³/mol. The summed E-state index contributed by atoms with van der Waals surface area (Å²) in [6, 6.07) is 8.59. The zero-order valence-corrected chi connectivity index (χ0v) is 11.3. The molecule has 4 N–H and O–H groups in total. The van der Waals surface area contributed by atoms with Crippen LogP contribution in [0.2, 0.25) is 0 Å². The van der Waals surface area contributed by atoms with Gasteiger partial charge in [-0.15, -0.1) is 0 Å². The van der Waals surface area contributed by atoms with Gasteiger partial charge in [-0.1, -0.05) is 24.3 Å². The average Bonchev–Trinajstić information content (AvgIpc) is 3.17. The summed E-state index contributed by atoms with van der Waals surface area (Å²) in [5.41, 5.74) is 2.52. The fraction of sp³-hybridized carbons (Fsp3) is 0.429. The summed E-state index contributed by atoms with van der Waals surface area (Å²) in [7, 11) is 0. The quantitative estimate of drug-likeness (QED) is 0.578. The Balaban J connectivity index is 1.44. The van der Waals surface area contributed by atoms with Crippen LogP contribution in [0.15, 0.2) is 34.3 Å². The van der Waals surface area contributed by atoms with Gasteiger partial charge in [-0.3, -0.25) is 31.3 Å². The molecule has 2 aliphatic heterocycles. The van der Waals surface area contributed by atoms with Crippen molar-refractivity contribution in [3.8, 4) is 0 Å². The highest BCUT2D eigenvalue weighted by Gasteiger charge is 2.08. The third-order valence-corrected chi connectivity index (χ3v) is 3.34. The second-order valence-corrected chi connectivity index (χ2v) is 4.86. The van der Waals surface area contributed by atoms with Gasteiger partial charge in [0.25, 0.3) is 0 Å². The topological polar surface area (TPSA) is 72.8 Å². The van der Waals surface area contributed by atoms with Gasteiger partial charge < -0.3 is 0 Å². The van der Waals surface area contributed by atoms with Crippen LogP contribution < -0.4 is 21.3 Å². The van der Waals surface area contributed by atoms with Crippen molar-refractivity contribution >= 4 is 12.4 Å². The first-order valence-electron chi connectivity index (χ1n) is 6.95. The molecule has 0 aromatic heterocycles. The summed E-state index contributed by atoms with van der Waals surface area (Å²) < 4.78 is 0. The molecular formula is C14H20N6. The van der Waals surface area contributed by atoms with Crippen LogP contribution in [0.4, 0.5) is 0 Å². The van der Waals surface area contributed by atoms with Crippen molar-refractivity contribution in [1.82, 2.24) is 21.3 Å². The Morgan fingerprint density at radius 1 is 0.850 bits per heavy atom. The molecule has 0 fully saturated rings. The molecule has 1 aromatic rings. The summed E-state index contributed by atoms with van der Waals surface area (Å²) in [4.78, 5) is 8.53. The van der Waals surface area contributed by atoms with Crippen LogP contribution in [0.1, 0.15) is 11.1 Å². The van der Waals surface area contributed by atoms with Gasteiger partial charge in [0, 0.05) is 38.6 Å². The zero-order valence-electron chi connectivity index (χ0n) is 11.3. The highest BCUT2D eigenvalue weighted by Crippen LogP contribution is 2.05. The Kier molecular flexibility index (Phi) is 4.49. The maximum atomic E-state index is 4.26. The number of hydrogen-bond acceptors (Lipinski definition) is 6. The van der Waals surface area contributed by atoms with Gasteiger partial charge in [0.1, 0.15) is 0 Å². The summed E-state index contributed by atoms with van der Waals surface area (Å²) in [5.74, 6) is 0. The molecule has 6 heteroatoms. The Bertz CT molecular complexity index is 436. The molecule has 106 valence electrons. The van der Waals surface area contributed by atoms with Gasteiger partial charge in [-0.25, -0.2) is 0 Å². The monoisotopic (exact) mass is 272 g/mol. The van der Waals surface area contributed by atoms with E-state index < -0.39 is 0 Å². The van der Waals surface area contributed by atoms with Crippen LogP contribution in [-0.2, 0) is 13.1 Å². The molecule has 3 rings (SSSR count). The highest BCUT2D eigenvalue weighted by molar-refractivity contribution is 5.62. The molecule has 0 saturated heterocycles. The molecule has 2 heterocycles. The van der Waals surface area contributed by atoms with Gasteiger partial charge in [0.15, 0.2) is 12.6 Å². The van der Waals surface area contributed by atoms with Crippen molar-refractivity contribution in [2.24, 2.45) is 9.98 Å². The summed E-state index contributed by atoms with van der Waals surface area (Å²) in [6.45, 7) is 3.33. The lowest BCUT2D eigenvalue weighted by Crippen LogP contribution is -2.37. The zero-order chi connectivity index (χ0) is 13.6. The third kappa shape index (κ3) is 3.71. The number of nitrogens with one attached hydrogen (secondary N) is 4. The van der Waals surface area contributed by atoms with Crippen molar-refractivity contribution < 1.29 is 0 Å². The van der Waals surface area contributed by atoms with E-state index in [0.717, 1.165) is 26.2 Å². The second-order valence-electron chi connectivity index (χ2n) is 4.86. The van der Waals surface area contributed by atoms with Crippen LogP contribution in [0, 0.1) is 0 Å². The third-order valence-electron chi connectivity index (χ3n) is 3.34. The van der Waals surface area contributed by atoms with Crippen molar-refractivity contribution in [3.05, 3.63) is 35.4 Å². The molecule has 0 saturated carbocycles. The molecule has 20 heavy (non-hydrogen) atoms. The van der Waals surface area contributed by atoms with Gasteiger partial charge in [-0.2, -0.15) is 0 Å². The van der Waals surface area contributed by atoms with Crippen molar-refractivity contribution in [3.63, 3.8) is 0 Å². The summed E-state index contributed by atoms with van der Waals surface area (Å²) >= 11 is 0. The van der Waals surface area contributed by atoms with E-state index in [0.29, 0.717) is 0 Å². The van der Waals surface area contributed by atoms with E-state index in [1.807, 2.05) is 12.4 Å². The highest BCUT2D eigenvalue weighted by atomic mass is 15.3. The molecule has 0 radical (unpaired) electrons. The lowest BCUT2D eigenvalue weighted by atomic mass is 10.1. The maximum Gasteiger partial charge on any atom is 0.153 e. The number of rotatable bonds is 6. The number of hydrogen-bond donors (Lipinski definition) is 4. The average molecular weight is 272 g/mol. The second kappa shape index (κ2) is 6.71. The van der Waals surface area contributed by atoms with E-state index in [1.54, 1.807) is 0 Å². The molecule has 0 aliphatic carbocycles. The molecule has 0 bridgehead atoms. The fourth-order valence-electron chi connectivity index (χ4n) is 2.20. The first-order chi connectivity index (χ1) is 9.90. The van der Waals surface area contributed by atoms with Gasteiger partial charge >= 0.3 is 0 Å². The van der Waals surface area contributed by atoms with E-state index in [2.05, 4.69) is 55.5 Å². The molecular weight excluding hydrogens is 252 g/mol. The Labute approximate surface area is 118 Å². The van der Waals surface area contributed by atoms with Crippen LogP contribution in [0.5, 0.6) is 0 Å². The molecule has 2 aliphatic rings. The largest absolute Gasteiger partial charge is 0.279 e. The van der Waals surface area contributed by atoms with Gasteiger partial charge in [-0.05, 0) is 11.1 Å². The van der Waals surface area contributed by atoms with Crippen LogP contribution >= 0.6 is 0 Å². The molecule has 0 spiro atoms. The minimum atomic E-state index is 0.0580. The number of aliphatic imine (C=N–C) groups is 2. The lowest BCUT2D eigenvalue weighted by molar-refractivity contribution is 0.481. The molecule has 0 amide bonds. The van der Waals surface area contributed by atoms with Crippen molar-refractivity contribution in [1.29, 1.82) is 0 Å². The fourth-order valence-corrected chi connectivity index (χ4v) is 2.20. The van der Waals surface area contributed by atoms with E-state index >= 15 is 0 Å². The van der Waals surface area contributed by atoms with Crippen LogP contribution in [0.3, 0.4) is 0 Å². The Hall–Kier alpha value is -1.60. The Morgan fingerprint density at radius 2 is 1.30 bits per heavy atom. The minimum absolute atomic E-state index is 0.0580. The van der Waals surface area contributed by atoms with E-state index in [1.165, 1.54) is 11.1 Å². The lowest BCUT2D eigenvalue weighted by Gasteiger charge is -2.12. The first kappa shape index (κ1) is 13.4. The standard InChI is InChI=1S/C14H20N6/c1-2-12(10-20-14-17-7-8-18-14)4-3-11(1)9-19-13-15-5-6-16-13/h1-5,7,13-14,16,18-20H,6,8-10H2. The normalized spacial score (nSPS) is 24.6. The van der Waals surface area contributed by atoms with Crippen LogP contribution in [0.25, 0.3) is 0 Å². The van der Waals surface area contributed by atoms with E-state index in [4.69, 9.17) is 0 Å². The first-order valence-corrected chi connectivity index (χ1v) is 6.95. The number of benzene rings is 1. The van der Waals surface area contributed by atoms with Crippen LogP contribution in [-0.4, -0.2) is 38.1 Å². The van der Waals surface area contributed by atoms with Crippen molar-refractivity contribution in [2.75, 3.05) is 13.1 Å². The smallest absolute Gasteiger partial charge is 0.153 e. The summed E-state index contributed by atoms with van der Waals surface area (Å²) in [6.07, 6.45) is 3.91. The van der Waals surface area contributed by atoms with E-state index in [-0.39, 0.29) is 12.6 Å². The molecule has 6 nitrogen and oxygen atoms in total. The number of nitrogens with zero attached hydrogens (tertiary/aromatic N) is 2. The summed E-state index contributed by atoms with van der Waals surface area (Å²) in [5, 5.41) is 13.1. The van der Waals surface area contributed by atoms with Gasteiger partial charge in [0.05, 0.1) is 0 Å². The van der Waals surface area contributed by atoms with Crippen molar-refractivity contribution in [2.45, 2.75) is 25.7 Å². The molecule has 2 atom stereocenters.